The van der Waals surface area contributed by atoms with E-state index in [4.69, 9.17) is 9.73 Å². The zero-order valence-electron chi connectivity index (χ0n) is 20.6. The summed E-state index contributed by atoms with van der Waals surface area (Å²) in [5.74, 6) is 1.53. The number of aliphatic imine (C=N–C) groups is 1. The number of hydrogen-bond donors (Lipinski definition) is 0. The molecule has 4 aromatic rings. The maximum atomic E-state index is 9.92. The van der Waals surface area contributed by atoms with Gasteiger partial charge in [0.15, 0.2) is 0 Å². The molecule has 0 aliphatic heterocycles. The van der Waals surface area contributed by atoms with Crippen molar-refractivity contribution < 1.29 is 4.74 Å². The normalized spacial score (nSPS) is 15.9. The summed E-state index contributed by atoms with van der Waals surface area (Å²) < 4.78 is 8.14. The van der Waals surface area contributed by atoms with Gasteiger partial charge in [0, 0.05) is 33.8 Å². The van der Waals surface area contributed by atoms with Crippen LogP contribution >= 0.6 is 11.3 Å². The topological polar surface area (TPSA) is 50.3 Å². The van der Waals surface area contributed by atoms with Gasteiger partial charge >= 0.3 is 0 Å². The third-order valence-corrected chi connectivity index (χ3v) is 8.23. The Hall–Kier alpha value is -3.36. The smallest absolute Gasteiger partial charge is 0.134 e. The van der Waals surface area contributed by atoms with Crippen LogP contribution in [0.4, 0.5) is 5.00 Å². The standard InChI is InChI=1S/C30H31N3OS/c1-30(2,3)22-13-14-25-26(18-31)29(35-28(25)17-22)32-19-21-20-33(27-12-8-7-11-24(21)27)15-16-34-23-9-5-4-6-10-23/h4-12,19-20,22H,13-17H2,1-3H3/t22-/m0/s1. The third-order valence-electron chi connectivity index (χ3n) is 7.07. The number of ether oxygens (including phenoxy) is 1. The zero-order valence-corrected chi connectivity index (χ0v) is 21.4. The van der Waals surface area contributed by atoms with E-state index in [2.05, 4.69) is 61.9 Å². The molecule has 0 fully saturated rings. The van der Waals surface area contributed by atoms with E-state index in [-0.39, 0.29) is 5.41 Å². The van der Waals surface area contributed by atoms with Crippen LogP contribution in [-0.2, 0) is 19.4 Å². The summed E-state index contributed by atoms with van der Waals surface area (Å²) in [6.45, 7) is 8.29. The molecule has 1 aliphatic rings. The average Bonchev–Trinajstić information content (AvgIpc) is 3.40. The molecular weight excluding hydrogens is 450 g/mol. The summed E-state index contributed by atoms with van der Waals surface area (Å²) in [4.78, 5) is 6.20. The van der Waals surface area contributed by atoms with E-state index in [1.165, 1.54) is 10.4 Å². The van der Waals surface area contributed by atoms with Crippen molar-refractivity contribution in [2.24, 2.45) is 16.3 Å². The van der Waals surface area contributed by atoms with Crippen LogP contribution in [0.25, 0.3) is 10.9 Å². The number of benzene rings is 2. The molecule has 1 atom stereocenters. The van der Waals surface area contributed by atoms with E-state index in [1.807, 2.05) is 36.5 Å². The lowest BCUT2D eigenvalue weighted by molar-refractivity contribution is 0.218. The lowest BCUT2D eigenvalue weighted by Crippen LogP contribution is -2.26. The summed E-state index contributed by atoms with van der Waals surface area (Å²) in [6.07, 6.45) is 7.24. The molecule has 5 rings (SSSR count). The lowest BCUT2D eigenvalue weighted by atomic mass is 9.72. The maximum absolute atomic E-state index is 9.92. The summed E-state index contributed by atoms with van der Waals surface area (Å²) in [5.41, 5.74) is 4.50. The van der Waals surface area contributed by atoms with Crippen molar-refractivity contribution in [3.8, 4) is 11.8 Å². The number of aromatic nitrogens is 1. The highest BCUT2D eigenvalue weighted by Gasteiger charge is 2.32. The first kappa shape index (κ1) is 23.4. The Labute approximate surface area is 211 Å². The molecule has 5 heteroatoms. The van der Waals surface area contributed by atoms with Crippen LogP contribution in [0.1, 0.15) is 48.8 Å². The molecular formula is C30H31N3OS. The Morgan fingerprint density at radius 3 is 2.69 bits per heavy atom. The number of rotatable bonds is 6. The van der Waals surface area contributed by atoms with Crippen LogP contribution in [0, 0.1) is 22.7 Å². The largest absolute Gasteiger partial charge is 0.492 e. The molecule has 0 unspecified atom stereocenters. The molecule has 1 aliphatic carbocycles. The summed E-state index contributed by atoms with van der Waals surface area (Å²) in [7, 11) is 0. The minimum atomic E-state index is 0.282. The summed E-state index contributed by atoms with van der Waals surface area (Å²) in [6, 6.07) is 20.7. The fourth-order valence-corrected chi connectivity index (χ4v) is 6.21. The SMILES string of the molecule is CC(C)(C)[C@H]1CCc2c(sc(N=Cc3cn(CCOc4ccccc4)c4ccccc34)c2C#N)C1. The number of para-hydroxylation sites is 2. The first-order valence-electron chi connectivity index (χ1n) is 12.3. The Bertz CT molecular complexity index is 1400. The van der Waals surface area contributed by atoms with Gasteiger partial charge in [0.05, 0.1) is 12.1 Å². The van der Waals surface area contributed by atoms with Crippen molar-refractivity contribution in [2.75, 3.05) is 6.61 Å². The number of thiophene rings is 1. The van der Waals surface area contributed by atoms with Crippen molar-refractivity contribution >= 4 is 33.5 Å². The minimum absolute atomic E-state index is 0.282. The average molecular weight is 482 g/mol. The molecule has 0 bridgehead atoms. The van der Waals surface area contributed by atoms with Gasteiger partial charge < -0.3 is 9.30 Å². The number of nitriles is 1. The van der Waals surface area contributed by atoms with Crippen molar-refractivity contribution in [3.63, 3.8) is 0 Å². The van der Waals surface area contributed by atoms with Gasteiger partial charge in [-0.25, -0.2) is 4.99 Å². The molecule has 2 aromatic carbocycles. The molecule has 0 saturated carbocycles. The van der Waals surface area contributed by atoms with Gasteiger partial charge in [-0.3, -0.25) is 0 Å². The number of fused-ring (bicyclic) bond motifs is 2. The highest BCUT2D eigenvalue weighted by Crippen LogP contribution is 2.45. The van der Waals surface area contributed by atoms with Gasteiger partial charge in [-0.2, -0.15) is 5.26 Å². The molecule has 0 radical (unpaired) electrons. The van der Waals surface area contributed by atoms with Crippen LogP contribution in [0.15, 0.2) is 65.8 Å². The van der Waals surface area contributed by atoms with Crippen molar-refractivity contribution in [1.29, 1.82) is 5.26 Å². The molecule has 35 heavy (non-hydrogen) atoms. The van der Waals surface area contributed by atoms with Crippen LogP contribution in [0.3, 0.4) is 0 Å². The highest BCUT2D eigenvalue weighted by molar-refractivity contribution is 7.16. The van der Waals surface area contributed by atoms with Gasteiger partial charge in [0.25, 0.3) is 0 Å². The summed E-state index contributed by atoms with van der Waals surface area (Å²) in [5, 5.41) is 11.9. The predicted molar refractivity (Wildman–Crippen MR) is 145 cm³/mol. The molecule has 4 nitrogen and oxygen atoms in total. The molecule has 0 N–H and O–H groups in total. The molecule has 0 amide bonds. The molecule has 2 aromatic heterocycles. The molecule has 2 heterocycles. The predicted octanol–water partition coefficient (Wildman–Crippen LogP) is 7.56. The quantitative estimate of drug-likeness (QED) is 0.267. The van der Waals surface area contributed by atoms with Gasteiger partial charge in [-0.05, 0) is 54.4 Å². The first-order chi connectivity index (χ1) is 16.9. The Morgan fingerprint density at radius 1 is 1.14 bits per heavy atom. The van der Waals surface area contributed by atoms with Crippen LogP contribution in [-0.4, -0.2) is 17.4 Å². The Balaban J connectivity index is 1.39. The van der Waals surface area contributed by atoms with E-state index < -0.39 is 0 Å². The van der Waals surface area contributed by atoms with Crippen LogP contribution in [0.5, 0.6) is 5.75 Å². The van der Waals surface area contributed by atoms with E-state index >= 15 is 0 Å². The van der Waals surface area contributed by atoms with Gasteiger partial charge in [-0.15, -0.1) is 11.3 Å². The summed E-state index contributed by atoms with van der Waals surface area (Å²) >= 11 is 1.70. The first-order valence-corrected chi connectivity index (χ1v) is 13.1. The van der Waals surface area contributed by atoms with Crippen molar-refractivity contribution in [3.05, 3.63) is 82.4 Å². The van der Waals surface area contributed by atoms with Crippen molar-refractivity contribution in [1.82, 2.24) is 4.57 Å². The van der Waals surface area contributed by atoms with E-state index in [1.54, 1.807) is 11.3 Å². The molecule has 0 saturated heterocycles. The molecule has 178 valence electrons. The minimum Gasteiger partial charge on any atom is -0.492 e. The highest BCUT2D eigenvalue weighted by atomic mass is 32.1. The maximum Gasteiger partial charge on any atom is 0.134 e. The van der Waals surface area contributed by atoms with Crippen LogP contribution < -0.4 is 4.74 Å². The lowest BCUT2D eigenvalue weighted by Gasteiger charge is -2.33. The molecule has 0 spiro atoms. The zero-order chi connectivity index (χ0) is 24.4. The van der Waals surface area contributed by atoms with E-state index in [0.29, 0.717) is 12.5 Å². The number of hydrogen-bond acceptors (Lipinski definition) is 4. The fourth-order valence-electron chi connectivity index (χ4n) is 4.99. The van der Waals surface area contributed by atoms with Gasteiger partial charge in [-0.1, -0.05) is 57.2 Å². The van der Waals surface area contributed by atoms with Crippen molar-refractivity contribution in [2.45, 2.75) is 46.6 Å². The Kier molecular flexibility index (Phi) is 6.49. The van der Waals surface area contributed by atoms with E-state index in [9.17, 15) is 5.26 Å². The monoisotopic (exact) mass is 481 g/mol. The van der Waals surface area contributed by atoms with Crippen LogP contribution in [0.2, 0.25) is 0 Å². The third kappa shape index (κ3) is 4.90. The second-order valence-corrected chi connectivity index (χ2v) is 11.4. The van der Waals surface area contributed by atoms with Gasteiger partial charge in [0.2, 0.25) is 0 Å². The second kappa shape index (κ2) is 9.71. The second-order valence-electron chi connectivity index (χ2n) is 10.3. The van der Waals surface area contributed by atoms with Gasteiger partial charge in [0.1, 0.15) is 23.4 Å². The van der Waals surface area contributed by atoms with E-state index in [0.717, 1.165) is 58.6 Å². The fraction of sp³-hybridized carbons (Fsp3) is 0.333. The number of nitrogens with zero attached hydrogens (tertiary/aromatic N) is 3. The Morgan fingerprint density at radius 2 is 1.91 bits per heavy atom.